The van der Waals surface area contributed by atoms with Gasteiger partial charge in [-0.15, -0.1) is 6.58 Å². The van der Waals surface area contributed by atoms with Gasteiger partial charge in [0.05, 0.1) is 6.04 Å². The number of benzene rings is 3. The van der Waals surface area contributed by atoms with Gasteiger partial charge in [0.25, 0.3) is 0 Å². The summed E-state index contributed by atoms with van der Waals surface area (Å²) >= 11 is 0. The van der Waals surface area contributed by atoms with Crippen LogP contribution in [0.3, 0.4) is 0 Å². The predicted molar refractivity (Wildman–Crippen MR) is 121 cm³/mol. The molecule has 1 unspecified atom stereocenters. The second kappa shape index (κ2) is 8.76. The summed E-state index contributed by atoms with van der Waals surface area (Å²) < 4.78 is 19.2. The first-order chi connectivity index (χ1) is 15.0. The highest BCUT2D eigenvalue weighted by Crippen LogP contribution is 2.39. The second-order valence-electron chi connectivity index (χ2n) is 7.97. The van der Waals surface area contributed by atoms with Gasteiger partial charge in [0.15, 0.2) is 0 Å². The normalized spacial score (nSPS) is 19.5. The average molecular weight is 416 g/mol. The van der Waals surface area contributed by atoms with E-state index < -0.39 is 5.60 Å². The number of rotatable bonds is 6. The molecule has 0 radical (unpaired) electrons. The van der Waals surface area contributed by atoms with Crippen LogP contribution in [-0.2, 0) is 10.3 Å². The second-order valence-corrected chi connectivity index (χ2v) is 7.97. The maximum Gasteiger partial charge on any atom is 0.411 e. The molecule has 4 heteroatoms. The number of amides is 1. The Kier molecular flexibility index (Phi) is 5.90. The van der Waals surface area contributed by atoms with Crippen molar-refractivity contribution in [2.24, 2.45) is 0 Å². The fraction of sp³-hybridized carbons (Fsp3) is 0.222. The number of carbonyl (C=O) groups is 1. The molecule has 0 aliphatic carbocycles. The quantitative estimate of drug-likeness (QED) is 0.411. The molecule has 3 aromatic rings. The van der Waals surface area contributed by atoms with E-state index in [4.69, 9.17) is 4.74 Å². The summed E-state index contributed by atoms with van der Waals surface area (Å²) in [6.07, 6.45) is 2.78. The highest BCUT2D eigenvalue weighted by atomic mass is 19.1. The SMILES string of the molecule is C=CCC1(c2ccccc2)CCN([C@@H](C)c2ccc(-c3ccc(F)cc3)cc2)C(=O)O1. The van der Waals surface area contributed by atoms with Crippen molar-refractivity contribution in [3.8, 4) is 11.1 Å². The van der Waals surface area contributed by atoms with E-state index in [1.165, 1.54) is 12.1 Å². The molecule has 0 aromatic heterocycles. The van der Waals surface area contributed by atoms with Crippen LogP contribution < -0.4 is 0 Å². The maximum absolute atomic E-state index is 13.2. The van der Waals surface area contributed by atoms with Crippen LogP contribution in [-0.4, -0.2) is 17.5 Å². The number of ether oxygens (including phenoxy) is 1. The number of halogens is 1. The first-order valence-corrected chi connectivity index (χ1v) is 10.5. The molecular formula is C27H26FNO2. The number of nitrogens with zero attached hydrogens (tertiary/aromatic N) is 1. The van der Waals surface area contributed by atoms with Crippen LogP contribution in [0.1, 0.15) is 36.9 Å². The maximum atomic E-state index is 13.2. The molecular weight excluding hydrogens is 389 g/mol. The third kappa shape index (κ3) is 4.24. The lowest BCUT2D eigenvalue weighted by Crippen LogP contribution is -2.48. The third-order valence-electron chi connectivity index (χ3n) is 6.09. The van der Waals surface area contributed by atoms with Crippen molar-refractivity contribution in [2.45, 2.75) is 31.4 Å². The Morgan fingerprint density at radius 3 is 2.23 bits per heavy atom. The Morgan fingerprint density at radius 1 is 1.03 bits per heavy atom. The van der Waals surface area contributed by atoms with Gasteiger partial charge in [-0.25, -0.2) is 9.18 Å². The van der Waals surface area contributed by atoms with Crippen molar-refractivity contribution in [1.29, 1.82) is 0 Å². The monoisotopic (exact) mass is 415 g/mol. The van der Waals surface area contributed by atoms with E-state index in [9.17, 15) is 9.18 Å². The van der Waals surface area contributed by atoms with Crippen molar-refractivity contribution in [3.63, 3.8) is 0 Å². The van der Waals surface area contributed by atoms with Gasteiger partial charge >= 0.3 is 6.09 Å². The van der Waals surface area contributed by atoms with E-state index in [0.29, 0.717) is 19.4 Å². The van der Waals surface area contributed by atoms with Crippen LogP contribution >= 0.6 is 0 Å². The molecule has 0 bridgehead atoms. The van der Waals surface area contributed by atoms with E-state index in [1.54, 1.807) is 17.0 Å². The first kappa shape index (κ1) is 20.9. The molecule has 1 amide bonds. The minimum absolute atomic E-state index is 0.118. The summed E-state index contributed by atoms with van der Waals surface area (Å²) in [5.74, 6) is -0.249. The van der Waals surface area contributed by atoms with Crippen molar-refractivity contribution in [2.75, 3.05) is 6.54 Å². The van der Waals surface area contributed by atoms with Gasteiger partial charge in [-0.2, -0.15) is 0 Å². The van der Waals surface area contributed by atoms with Gasteiger partial charge in [-0.1, -0.05) is 72.8 Å². The van der Waals surface area contributed by atoms with Gasteiger partial charge in [0, 0.05) is 19.4 Å². The number of hydrogen-bond acceptors (Lipinski definition) is 2. The number of cyclic esters (lactones) is 1. The Balaban J connectivity index is 1.51. The molecule has 0 N–H and O–H groups in total. The number of carbonyl (C=O) groups excluding carboxylic acids is 1. The third-order valence-corrected chi connectivity index (χ3v) is 6.09. The molecule has 3 nitrogen and oxygen atoms in total. The summed E-state index contributed by atoms with van der Waals surface area (Å²) in [5.41, 5.74) is 3.32. The lowest BCUT2D eigenvalue weighted by molar-refractivity contribution is -0.0588. The van der Waals surface area contributed by atoms with E-state index >= 15 is 0 Å². The van der Waals surface area contributed by atoms with Crippen LogP contribution in [0.25, 0.3) is 11.1 Å². The Labute approximate surface area is 182 Å². The van der Waals surface area contributed by atoms with Crippen LogP contribution in [0.2, 0.25) is 0 Å². The topological polar surface area (TPSA) is 29.5 Å². The van der Waals surface area contributed by atoms with Gasteiger partial charge in [0.1, 0.15) is 11.4 Å². The molecule has 1 aliphatic rings. The molecule has 1 saturated heterocycles. The van der Waals surface area contributed by atoms with E-state index in [2.05, 4.69) is 6.58 Å². The fourth-order valence-corrected chi connectivity index (χ4v) is 4.24. The van der Waals surface area contributed by atoms with Crippen LogP contribution in [0.15, 0.2) is 91.5 Å². The highest BCUT2D eigenvalue weighted by Gasteiger charge is 2.42. The molecule has 158 valence electrons. The molecule has 1 heterocycles. The van der Waals surface area contributed by atoms with Gasteiger partial charge in [-0.3, -0.25) is 0 Å². The average Bonchev–Trinajstić information content (AvgIpc) is 2.80. The minimum atomic E-state index is -0.664. The molecule has 0 spiro atoms. The molecule has 4 rings (SSSR count). The molecule has 2 atom stereocenters. The fourth-order valence-electron chi connectivity index (χ4n) is 4.24. The van der Waals surface area contributed by atoms with Crippen molar-refractivity contribution in [3.05, 3.63) is 108 Å². The largest absolute Gasteiger partial charge is 0.437 e. The lowest BCUT2D eigenvalue weighted by Gasteiger charge is -2.43. The smallest absolute Gasteiger partial charge is 0.411 e. The molecule has 1 fully saturated rings. The van der Waals surface area contributed by atoms with Crippen molar-refractivity contribution < 1.29 is 13.9 Å². The van der Waals surface area contributed by atoms with Gasteiger partial charge in [0.2, 0.25) is 0 Å². The minimum Gasteiger partial charge on any atom is -0.437 e. The summed E-state index contributed by atoms with van der Waals surface area (Å²) in [4.78, 5) is 14.8. The summed E-state index contributed by atoms with van der Waals surface area (Å²) in [7, 11) is 0. The van der Waals surface area contributed by atoms with Crippen LogP contribution in [0, 0.1) is 5.82 Å². The highest BCUT2D eigenvalue weighted by molar-refractivity contribution is 5.70. The Hall–Kier alpha value is -3.40. The zero-order chi connectivity index (χ0) is 21.8. The lowest BCUT2D eigenvalue weighted by atomic mass is 9.85. The van der Waals surface area contributed by atoms with E-state index in [1.807, 2.05) is 67.6 Å². The van der Waals surface area contributed by atoms with Gasteiger partial charge in [-0.05, 0) is 41.3 Å². The predicted octanol–water partition coefficient (Wildman–Crippen LogP) is 6.87. The van der Waals surface area contributed by atoms with Crippen molar-refractivity contribution >= 4 is 6.09 Å². The van der Waals surface area contributed by atoms with E-state index in [0.717, 1.165) is 22.3 Å². The summed E-state index contributed by atoms with van der Waals surface area (Å²) in [6.45, 7) is 6.48. The zero-order valence-electron chi connectivity index (χ0n) is 17.6. The Bertz CT molecular complexity index is 1050. The van der Waals surface area contributed by atoms with Crippen LogP contribution in [0.5, 0.6) is 0 Å². The zero-order valence-corrected chi connectivity index (χ0v) is 17.6. The summed E-state index contributed by atoms with van der Waals surface area (Å²) in [6, 6.07) is 24.2. The molecule has 3 aromatic carbocycles. The van der Waals surface area contributed by atoms with Gasteiger partial charge < -0.3 is 9.64 Å². The Morgan fingerprint density at radius 2 is 1.65 bits per heavy atom. The summed E-state index contributed by atoms with van der Waals surface area (Å²) in [5, 5.41) is 0. The number of hydrogen-bond donors (Lipinski definition) is 0. The standard InChI is InChI=1S/C27H26FNO2/c1-3-17-27(24-7-5-4-6-8-24)18-19-29(26(30)31-27)20(2)21-9-11-22(12-10-21)23-13-15-25(28)16-14-23/h3-16,20H,1,17-19H2,2H3/t20-,27?/m0/s1. The van der Waals surface area contributed by atoms with E-state index in [-0.39, 0.29) is 18.0 Å². The molecule has 0 saturated carbocycles. The van der Waals surface area contributed by atoms with Crippen molar-refractivity contribution in [1.82, 2.24) is 4.90 Å². The molecule has 31 heavy (non-hydrogen) atoms. The molecule has 1 aliphatic heterocycles. The first-order valence-electron chi connectivity index (χ1n) is 10.5. The van der Waals surface area contributed by atoms with Crippen LogP contribution in [0.4, 0.5) is 9.18 Å².